The van der Waals surface area contributed by atoms with E-state index in [1.165, 1.54) is 24.8 Å². The monoisotopic (exact) mass is 382 g/mol. The zero-order chi connectivity index (χ0) is 19.3. The molecule has 0 saturated heterocycles. The number of nitrogens with one attached hydrogen (secondary N) is 2. The Kier molecular flexibility index (Phi) is 6.31. The Labute approximate surface area is 153 Å². The molecule has 0 saturated carbocycles. The standard InChI is InChI=1S/C18H17F3N2O2S/c1-11-3-6-14(7-4-11)26-10-17(25)23-16-8-5-13(22-12(2)24)9-15(16)18(19,20)21/h3-9H,10H2,1-2H3,(H,22,24)(H,23,25). The molecule has 0 bridgehead atoms. The lowest BCUT2D eigenvalue weighted by molar-refractivity contribution is -0.137. The molecule has 0 radical (unpaired) electrons. The van der Waals surface area contributed by atoms with Crippen molar-refractivity contribution < 1.29 is 22.8 Å². The number of thioether (sulfide) groups is 1. The van der Waals surface area contributed by atoms with Crippen LogP contribution in [0.3, 0.4) is 0 Å². The van der Waals surface area contributed by atoms with Crippen molar-refractivity contribution in [3.8, 4) is 0 Å². The second-order valence-corrected chi connectivity index (χ2v) is 6.64. The molecule has 2 N–H and O–H groups in total. The number of rotatable bonds is 5. The molecule has 0 spiro atoms. The molecule has 0 atom stereocenters. The first-order chi connectivity index (χ1) is 12.1. The van der Waals surface area contributed by atoms with E-state index in [0.29, 0.717) is 0 Å². The van der Waals surface area contributed by atoms with Gasteiger partial charge in [0, 0.05) is 17.5 Å². The Morgan fingerprint density at radius 2 is 1.69 bits per heavy atom. The number of benzene rings is 2. The predicted octanol–water partition coefficient (Wildman–Crippen LogP) is 4.70. The molecule has 8 heteroatoms. The predicted molar refractivity (Wildman–Crippen MR) is 96.3 cm³/mol. The maximum atomic E-state index is 13.2. The number of amides is 2. The minimum absolute atomic E-state index is 0.0110. The van der Waals surface area contributed by atoms with Crippen LogP contribution in [0, 0.1) is 6.92 Å². The highest BCUT2D eigenvalue weighted by Gasteiger charge is 2.34. The van der Waals surface area contributed by atoms with Crippen molar-refractivity contribution in [3.63, 3.8) is 0 Å². The molecule has 0 aliphatic carbocycles. The summed E-state index contributed by atoms with van der Waals surface area (Å²) in [5.74, 6) is -1.05. The van der Waals surface area contributed by atoms with Crippen LogP contribution in [-0.2, 0) is 15.8 Å². The SMILES string of the molecule is CC(=O)Nc1ccc(NC(=O)CSc2ccc(C)cc2)c(C(F)(F)F)c1. The minimum atomic E-state index is -4.67. The molecule has 26 heavy (non-hydrogen) atoms. The fourth-order valence-electron chi connectivity index (χ4n) is 2.14. The number of aryl methyl sites for hydroxylation is 1. The second-order valence-electron chi connectivity index (χ2n) is 5.59. The van der Waals surface area contributed by atoms with Crippen molar-refractivity contribution in [2.45, 2.75) is 24.9 Å². The molecule has 2 amide bonds. The summed E-state index contributed by atoms with van der Waals surface area (Å²) in [4.78, 5) is 23.9. The van der Waals surface area contributed by atoms with E-state index >= 15 is 0 Å². The Morgan fingerprint density at radius 3 is 2.27 bits per heavy atom. The molecule has 2 aromatic carbocycles. The summed E-state index contributed by atoms with van der Waals surface area (Å²) < 4.78 is 39.7. The number of carbonyl (C=O) groups is 2. The van der Waals surface area contributed by atoms with Gasteiger partial charge in [-0.15, -0.1) is 11.8 Å². The maximum Gasteiger partial charge on any atom is 0.418 e. The average Bonchev–Trinajstić information content (AvgIpc) is 2.54. The van der Waals surface area contributed by atoms with Crippen molar-refractivity contribution in [1.29, 1.82) is 0 Å². The van der Waals surface area contributed by atoms with Crippen molar-refractivity contribution in [3.05, 3.63) is 53.6 Å². The second kappa shape index (κ2) is 8.27. The van der Waals surface area contributed by atoms with Crippen molar-refractivity contribution >= 4 is 35.0 Å². The summed E-state index contributed by atoms with van der Waals surface area (Å²) >= 11 is 1.23. The molecule has 4 nitrogen and oxygen atoms in total. The smallest absolute Gasteiger partial charge is 0.326 e. The molecule has 0 aliphatic heterocycles. The van der Waals surface area contributed by atoms with E-state index in [1.807, 2.05) is 31.2 Å². The van der Waals surface area contributed by atoms with Gasteiger partial charge in [0.2, 0.25) is 11.8 Å². The van der Waals surface area contributed by atoms with Gasteiger partial charge in [-0.05, 0) is 37.3 Å². The summed E-state index contributed by atoms with van der Waals surface area (Å²) in [6.45, 7) is 3.13. The molecular weight excluding hydrogens is 365 g/mol. The number of hydrogen-bond donors (Lipinski definition) is 2. The van der Waals surface area contributed by atoms with Crippen LogP contribution in [0.2, 0.25) is 0 Å². The van der Waals surface area contributed by atoms with Crippen LogP contribution < -0.4 is 10.6 Å². The molecule has 2 aromatic rings. The number of hydrogen-bond acceptors (Lipinski definition) is 3. The molecule has 0 unspecified atom stereocenters. The van der Waals surface area contributed by atoms with E-state index < -0.39 is 23.6 Å². The molecule has 0 heterocycles. The summed E-state index contributed by atoms with van der Waals surface area (Å²) in [5.41, 5.74) is -0.275. The zero-order valence-electron chi connectivity index (χ0n) is 14.1. The maximum absolute atomic E-state index is 13.2. The van der Waals surface area contributed by atoms with Crippen LogP contribution in [0.1, 0.15) is 18.1 Å². The summed E-state index contributed by atoms with van der Waals surface area (Å²) in [6.07, 6.45) is -4.67. The Bertz CT molecular complexity index is 805. The third-order valence-electron chi connectivity index (χ3n) is 3.31. The molecule has 0 aromatic heterocycles. The largest absolute Gasteiger partial charge is 0.418 e. The van der Waals surface area contributed by atoms with Crippen LogP contribution in [0.15, 0.2) is 47.4 Å². The van der Waals surface area contributed by atoms with Crippen molar-refractivity contribution in [1.82, 2.24) is 0 Å². The van der Waals surface area contributed by atoms with E-state index in [9.17, 15) is 22.8 Å². The molecule has 0 fully saturated rings. The van der Waals surface area contributed by atoms with Crippen LogP contribution in [0.5, 0.6) is 0 Å². The van der Waals surface area contributed by atoms with E-state index in [4.69, 9.17) is 0 Å². The highest BCUT2D eigenvalue weighted by Crippen LogP contribution is 2.36. The van der Waals surface area contributed by atoms with Gasteiger partial charge in [-0.2, -0.15) is 13.2 Å². The van der Waals surface area contributed by atoms with Gasteiger partial charge in [0.25, 0.3) is 0 Å². The van der Waals surface area contributed by atoms with E-state index in [0.717, 1.165) is 22.6 Å². The Morgan fingerprint density at radius 1 is 1.04 bits per heavy atom. The Hall–Kier alpha value is -2.48. The molecule has 138 valence electrons. The fourth-order valence-corrected chi connectivity index (χ4v) is 2.84. The first-order valence-electron chi connectivity index (χ1n) is 7.63. The topological polar surface area (TPSA) is 58.2 Å². The van der Waals surface area contributed by atoms with Crippen LogP contribution in [-0.4, -0.2) is 17.6 Å². The van der Waals surface area contributed by atoms with Gasteiger partial charge in [0.1, 0.15) is 0 Å². The van der Waals surface area contributed by atoms with E-state index in [1.54, 1.807) is 0 Å². The van der Waals surface area contributed by atoms with Crippen LogP contribution in [0.4, 0.5) is 24.5 Å². The molecular formula is C18H17F3N2O2S. The van der Waals surface area contributed by atoms with Crippen molar-refractivity contribution in [2.24, 2.45) is 0 Å². The normalized spacial score (nSPS) is 11.1. The highest BCUT2D eigenvalue weighted by atomic mass is 32.2. The van der Waals surface area contributed by atoms with E-state index in [-0.39, 0.29) is 17.1 Å². The van der Waals surface area contributed by atoms with Gasteiger partial charge in [0.15, 0.2) is 0 Å². The third kappa shape index (κ3) is 5.80. The number of halogens is 3. The lowest BCUT2D eigenvalue weighted by Crippen LogP contribution is -2.18. The first-order valence-corrected chi connectivity index (χ1v) is 8.62. The average molecular weight is 382 g/mol. The molecule has 2 rings (SSSR count). The van der Waals surface area contributed by atoms with Gasteiger partial charge in [-0.1, -0.05) is 17.7 Å². The van der Waals surface area contributed by atoms with Crippen LogP contribution >= 0.6 is 11.8 Å². The summed E-state index contributed by atoms with van der Waals surface area (Å²) in [7, 11) is 0. The first kappa shape index (κ1) is 19.8. The quantitative estimate of drug-likeness (QED) is 0.737. The lowest BCUT2D eigenvalue weighted by Gasteiger charge is -2.15. The minimum Gasteiger partial charge on any atom is -0.326 e. The van der Waals surface area contributed by atoms with Gasteiger partial charge >= 0.3 is 6.18 Å². The number of carbonyl (C=O) groups excluding carboxylic acids is 2. The summed E-state index contributed by atoms with van der Waals surface area (Å²) in [5, 5.41) is 4.58. The van der Waals surface area contributed by atoms with Crippen LogP contribution in [0.25, 0.3) is 0 Å². The van der Waals surface area contributed by atoms with Gasteiger partial charge in [-0.3, -0.25) is 9.59 Å². The van der Waals surface area contributed by atoms with Gasteiger partial charge in [-0.25, -0.2) is 0 Å². The van der Waals surface area contributed by atoms with E-state index in [2.05, 4.69) is 10.6 Å². The number of anilines is 2. The molecule has 0 aliphatic rings. The number of alkyl halides is 3. The van der Waals surface area contributed by atoms with Gasteiger partial charge in [0.05, 0.1) is 17.0 Å². The Balaban J connectivity index is 2.10. The lowest BCUT2D eigenvalue weighted by atomic mass is 10.1. The summed E-state index contributed by atoms with van der Waals surface area (Å²) in [6, 6.07) is 10.7. The van der Waals surface area contributed by atoms with Crippen molar-refractivity contribution in [2.75, 3.05) is 16.4 Å². The van der Waals surface area contributed by atoms with Gasteiger partial charge < -0.3 is 10.6 Å². The third-order valence-corrected chi connectivity index (χ3v) is 4.32. The fraction of sp³-hybridized carbons (Fsp3) is 0.222. The zero-order valence-corrected chi connectivity index (χ0v) is 14.9. The highest BCUT2D eigenvalue weighted by molar-refractivity contribution is 8.00.